The Hall–Kier alpha value is 0.270. The summed E-state index contributed by atoms with van der Waals surface area (Å²) in [7, 11) is 0. The van der Waals surface area contributed by atoms with Crippen LogP contribution in [0.4, 0.5) is 0 Å². The molecule has 0 fully saturated rings. The van der Waals surface area contributed by atoms with Gasteiger partial charge in [0.1, 0.15) is 0 Å². The lowest BCUT2D eigenvalue weighted by Crippen LogP contribution is -2.42. The number of aliphatic hydroxyl groups is 1. The van der Waals surface area contributed by atoms with Crippen molar-refractivity contribution in [3.05, 3.63) is 0 Å². The van der Waals surface area contributed by atoms with Gasteiger partial charge in [0.15, 0.2) is 0 Å². The predicted octanol–water partition coefficient (Wildman–Crippen LogP) is 2.01. The average molecular weight is 205 g/mol. The Morgan fingerprint density at radius 1 is 1.38 bits per heavy atom. The SMILES string of the molecule is CCC(C)SC(C)CC(C)(N)CO. The van der Waals surface area contributed by atoms with E-state index in [1.54, 1.807) is 0 Å². The van der Waals surface area contributed by atoms with Gasteiger partial charge in [-0.05, 0) is 19.8 Å². The second-order valence-electron chi connectivity index (χ2n) is 4.18. The molecule has 0 spiro atoms. The molecule has 0 saturated carbocycles. The zero-order valence-corrected chi connectivity index (χ0v) is 10.0. The lowest BCUT2D eigenvalue weighted by Gasteiger charge is -2.26. The zero-order chi connectivity index (χ0) is 10.5. The Morgan fingerprint density at radius 2 is 1.92 bits per heavy atom. The van der Waals surface area contributed by atoms with E-state index in [0.717, 1.165) is 6.42 Å². The van der Waals surface area contributed by atoms with Gasteiger partial charge in [-0.1, -0.05) is 20.8 Å². The highest BCUT2D eigenvalue weighted by molar-refractivity contribution is 8.00. The first kappa shape index (κ1) is 13.3. The minimum atomic E-state index is -0.417. The van der Waals surface area contributed by atoms with Crippen molar-refractivity contribution in [3.8, 4) is 0 Å². The van der Waals surface area contributed by atoms with Crippen molar-refractivity contribution in [3.63, 3.8) is 0 Å². The number of aliphatic hydroxyl groups excluding tert-OH is 1. The van der Waals surface area contributed by atoms with Crippen LogP contribution in [0, 0.1) is 0 Å². The van der Waals surface area contributed by atoms with Crippen molar-refractivity contribution >= 4 is 11.8 Å². The van der Waals surface area contributed by atoms with Crippen LogP contribution in [0.2, 0.25) is 0 Å². The molecule has 3 unspecified atom stereocenters. The molecule has 0 heterocycles. The van der Waals surface area contributed by atoms with E-state index >= 15 is 0 Å². The van der Waals surface area contributed by atoms with Crippen LogP contribution in [0.1, 0.15) is 40.5 Å². The van der Waals surface area contributed by atoms with Gasteiger partial charge in [-0.3, -0.25) is 0 Å². The van der Waals surface area contributed by atoms with Gasteiger partial charge in [0.05, 0.1) is 6.61 Å². The lowest BCUT2D eigenvalue weighted by atomic mass is 9.99. The smallest absolute Gasteiger partial charge is 0.0608 e. The summed E-state index contributed by atoms with van der Waals surface area (Å²) in [5.41, 5.74) is 5.45. The largest absolute Gasteiger partial charge is 0.394 e. The summed E-state index contributed by atoms with van der Waals surface area (Å²) < 4.78 is 0. The molecule has 0 aromatic heterocycles. The van der Waals surface area contributed by atoms with Gasteiger partial charge in [0.2, 0.25) is 0 Å². The molecule has 80 valence electrons. The molecule has 3 atom stereocenters. The molecule has 13 heavy (non-hydrogen) atoms. The molecule has 0 radical (unpaired) electrons. The lowest BCUT2D eigenvalue weighted by molar-refractivity contribution is 0.201. The summed E-state index contributed by atoms with van der Waals surface area (Å²) in [5.74, 6) is 0. The second-order valence-corrected chi connectivity index (χ2v) is 6.06. The maximum Gasteiger partial charge on any atom is 0.0608 e. The summed E-state index contributed by atoms with van der Waals surface area (Å²) in [5, 5.41) is 10.2. The van der Waals surface area contributed by atoms with Crippen molar-refractivity contribution in [1.29, 1.82) is 0 Å². The van der Waals surface area contributed by atoms with Crippen LogP contribution in [0.15, 0.2) is 0 Å². The maximum atomic E-state index is 9.00. The normalized spacial score (nSPS) is 20.8. The van der Waals surface area contributed by atoms with Crippen LogP contribution < -0.4 is 5.73 Å². The minimum Gasteiger partial charge on any atom is -0.394 e. The standard InChI is InChI=1S/C10H23NOS/c1-5-8(2)13-9(3)6-10(4,11)7-12/h8-9,12H,5-7,11H2,1-4H3. The molecule has 0 aromatic rings. The van der Waals surface area contributed by atoms with Crippen LogP contribution >= 0.6 is 11.8 Å². The van der Waals surface area contributed by atoms with Gasteiger partial charge >= 0.3 is 0 Å². The molecule has 2 nitrogen and oxygen atoms in total. The fourth-order valence-corrected chi connectivity index (χ4v) is 2.72. The average Bonchev–Trinajstić information content (AvgIpc) is 2.03. The van der Waals surface area contributed by atoms with Gasteiger partial charge in [-0.15, -0.1) is 0 Å². The van der Waals surface area contributed by atoms with Gasteiger partial charge < -0.3 is 10.8 Å². The highest BCUT2D eigenvalue weighted by Crippen LogP contribution is 2.25. The molecule has 3 heteroatoms. The Labute approximate surface area is 86.3 Å². The van der Waals surface area contributed by atoms with Crippen molar-refractivity contribution in [2.24, 2.45) is 5.73 Å². The van der Waals surface area contributed by atoms with Gasteiger partial charge in [-0.2, -0.15) is 11.8 Å². The predicted molar refractivity (Wildman–Crippen MR) is 61.1 cm³/mol. The number of thioether (sulfide) groups is 1. The van der Waals surface area contributed by atoms with E-state index in [-0.39, 0.29) is 6.61 Å². The highest BCUT2D eigenvalue weighted by atomic mass is 32.2. The summed E-state index contributed by atoms with van der Waals surface area (Å²) in [4.78, 5) is 0. The molecule has 3 N–H and O–H groups in total. The van der Waals surface area contributed by atoms with E-state index in [1.807, 2.05) is 18.7 Å². The van der Waals surface area contributed by atoms with Gasteiger partial charge in [0.25, 0.3) is 0 Å². The van der Waals surface area contributed by atoms with Crippen molar-refractivity contribution in [2.45, 2.75) is 56.6 Å². The summed E-state index contributed by atoms with van der Waals surface area (Å²) >= 11 is 1.95. The van der Waals surface area contributed by atoms with Crippen LogP contribution in [-0.2, 0) is 0 Å². The minimum absolute atomic E-state index is 0.0679. The van der Waals surface area contributed by atoms with Crippen molar-refractivity contribution < 1.29 is 5.11 Å². The first-order valence-corrected chi connectivity index (χ1v) is 5.90. The molecule has 0 aromatic carbocycles. The topological polar surface area (TPSA) is 46.2 Å². The number of rotatable bonds is 6. The molecular formula is C10H23NOS. The molecule has 0 bridgehead atoms. The van der Waals surface area contributed by atoms with E-state index in [4.69, 9.17) is 10.8 Å². The molecule has 0 aliphatic heterocycles. The Balaban J connectivity index is 3.79. The van der Waals surface area contributed by atoms with E-state index in [9.17, 15) is 0 Å². The number of nitrogens with two attached hydrogens (primary N) is 1. The highest BCUT2D eigenvalue weighted by Gasteiger charge is 2.21. The van der Waals surface area contributed by atoms with Crippen LogP contribution in [0.3, 0.4) is 0 Å². The molecule has 0 amide bonds. The fourth-order valence-electron chi connectivity index (χ4n) is 1.26. The van der Waals surface area contributed by atoms with Gasteiger partial charge in [-0.25, -0.2) is 0 Å². The Kier molecular flexibility index (Phi) is 6.01. The van der Waals surface area contributed by atoms with E-state index < -0.39 is 5.54 Å². The molecule has 0 aliphatic rings. The zero-order valence-electron chi connectivity index (χ0n) is 9.21. The second kappa shape index (κ2) is 5.89. The third-order valence-corrected chi connectivity index (χ3v) is 3.58. The van der Waals surface area contributed by atoms with E-state index in [0.29, 0.717) is 10.5 Å². The number of hydrogen-bond acceptors (Lipinski definition) is 3. The third kappa shape index (κ3) is 6.36. The third-order valence-electron chi connectivity index (χ3n) is 2.15. The molecular weight excluding hydrogens is 182 g/mol. The van der Waals surface area contributed by atoms with Crippen LogP contribution in [0.25, 0.3) is 0 Å². The molecule has 0 saturated heterocycles. The Morgan fingerprint density at radius 3 is 2.31 bits per heavy atom. The van der Waals surface area contributed by atoms with Crippen LogP contribution in [0.5, 0.6) is 0 Å². The Bertz CT molecular complexity index is 139. The van der Waals surface area contributed by atoms with Crippen molar-refractivity contribution in [2.75, 3.05) is 6.61 Å². The van der Waals surface area contributed by atoms with Crippen LogP contribution in [-0.4, -0.2) is 27.8 Å². The summed E-state index contributed by atoms with van der Waals surface area (Å²) in [6, 6.07) is 0. The number of hydrogen-bond donors (Lipinski definition) is 2. The first-order chi connectivity index (χ1) is 5.91. The first-order valence-electron chi connectivity index (χ1n) is 4.96. The monoisotopic (exact) mass is 205 g/mol. The van der Waals surface area contributed by atoms with E-state index in [2.05, 4.69) is 20.8 Å². The molecule has 0 aliphatic carbocycles. The quantitative estimate of drug-likeness (QED) is 0.697. The molecule has 0 rings (SSSR count). The summed E-state index contributed by atoms with van der Waals surface area (Å²) in [6.07, 6.45) is 2.06. The van der Waals surface area contributed by atoms with E-state index in [1.165, 1.54) is 6.42 Å². The summed E-state index contributed by atoms with van der Waals surface area (Å²) in [6.45, 7) is 8.57. The van der Waals surface area contributed by atoms with Crippen molar-refractivity contribution in [1.82, 2.24) is 0 Å². The van der Waals surface area contributed by atoms with Gasteiger partial charge in [0, 0.05) is 16.0 Å². The maximum absolute atomic E-state index is 9.00. The fraction of sp³-hybridized carbons (Fsp3) is 1.00.